The van der Waals surface area contributed by atoms with Gasteiger partial charge in [0.15, 0.2) is 0 Å². The van der Waals surface area contributed by atoms with E-state index in [2.05, 4.69) is 10.6 Å². The molecule has 2 rings (SSSR count). The molecule has 8 nitrogen and oxygen atoms in total. The van der Waals surface area contributed by atoms with E-state index in [9.17, 15) is 19.2 Å². The maximum absolute atomic E-state index is 12.1. The first-order chi connectivity index (χ1) is 11.0. The van der Waals surface area contributed by atoms with E-state index in [1.807, 2.05) is 0 Å². The summed E-state index contributed by atoms with van der Waals surface area (Å²) in [4.78, 5) is 48.6. The van der Waals surface area contributed by atoms with Crippen molar-refractivity contribution in [2.45, 2.75) is 6.92 Å². The summed E-state index contributed by atoms with van der Waals surface area (Å²) < 4.78 is 0. The van der Waals surface area contributed by atoms with E-state index in [0.717, 1.165) is 6.41 Å². The van der Waals surface area contributed by atoms with Crippen molar-refractivity contribution in [2.24, 2.45) is 0 Å². The molecule has 0 aliphatic carbocycles. The Bertz CT molecular complexity index is 606. The number of hydrogen-bond donors (Lipinski definition) is 2. The molecule has 0 bridgehead atoms. The zero-order valence-corrected chi connectivity index (χ0v) is 12.7. The van der Waals surface area contributed by atoms with Crippen molar-refractivity contribution in [3.8, 4) is 0 Å². The van der Waals surface area contributed by atoms with E-state index in [0.29, 0.717) is 37.6 Å². The van der Waals surface area contributed by atoms with Crippen molar-refractivity contribution >= 4 is 35.5 Å². The second-order valence-corrected chi connectivity index (χ2v) is 5.15. The van der Waals surface area contributed by atoms with Crippen LogP contribution in [0, 0.1) is 0 Å². The highest BCUT2D eigenvalue weighted by Crippen LogP contribution is 2.13. The SMILES string of the molecule is CC(=O)Nc1ccc(NC(=O)C(=O)N2CCN(C=O)CC2)cc1. The summed E-state index contributed by atoms with van der Waals surface area (Å²) >= 11 is 0. The summed E-state index contributed by atoms with van der Waals surface area (Å²) in [6.07, 6.45) is 0.735. The van der Waals surface area contributed by atoms with E-state index in [-0.39, 0.29) is 5.91 Å². The largest absolute Gasteiger partial charge is 0.342 e. The first kappa shape index (κ1) is 16.5. The van der Waals surface area contributed by atoms with Crippen molar-refractivity contribution in [1.29, 1.82) is 0 Å². The Morgan fingerprint density at radius 3 is 1.96 bits per heavy atom. The Kier molecular flexibility index (Phi) is 5.29. The van der Waals surface area contributed by atoms with Crippen LogP contribution in [0.5, 0.6) is 0 Å². The second kappa shape index (κ2) is 7.39. The lowest BCUT2D eigenvalue weighted by Gasteiger charge is -2.31. The Labute approximate surface area is 133 Å². The van der Waals surface area contributed by atoms with Gasteiger partial charge in [0.05, 0.1) is 0 Å². The maximum Gasteiger partial charge on any atom is 0.313 e. The normalized spacial score (nSPS) is 14.1. The number of nitrogens with one attached hydrogen (secondary N) is 2. The summed E-state index contributed by atoms with van der Waals surface area (Å²) in [6, 6.07) is 6.45. The fourth-order valence-electron chi connectivity index (χ4n) is 2.20. The average Bonchev–Trinajstić information content (AvgIpc) is 2.55. The minimum absolute atomic E-state index is 0.188. The molecule has 0 radical (unpaired) electrons. The van der Waals surface area contributed by atoms with Crippen molar-refractivity contribution in [1.82, 2.24) is 9.80 Å². The molecule has 1 aliphatic rings. The van der Waals surface area contributed by atoms with Crippen LogP contribution in [0.25, 0.3) is 0 Å². The summed E-state index contributed by atoms with van der Waals surface area (Å²) in [6.45, 7) is 2.93. The van der Waals surface area contributed by atoms with Gasteiger partial charge in [-0.1, -0.05) is 0 Å². The van der Waals surface area contributed by atoms with E-state index in [4.69, 9.17) is 0 Å². The zero-order chi connectivity index (χ0) is 16.8. The molecule has 1 aromatic carbocycles. The summed E-state index contributed by atoms with van der Waals surface area (Å²) in [7, 11) is 0. The number of carbonyl (C=O) groups is 4. The molecule has 0 atom stereocenters. The predicted molar refractivity (Wildman–Crippen MR) is 83.6 cm³/mol. The predicted octanol–water partition coefficient (Wildman–Crippen LogP) is -0.116. The van der Waals surface area contributed by atoms with Gasteiger partial charge in [0, 0.05) is 44.5 Å². The highest BCUT2D eigenvalue weighted by molar-refractivity contribution is 6.39. The topological polar surface area (TPSA) is 98.8 Å². The number of rotatable bonds is 3. The molecule has 1 heterocycles. The van der Waals surface area contributed by atoms with Gasteiger partial charge in [0.1, 0.15) is 0 Å². The number of anilines is 2. The van der Waals surface area contributed by atoms with E-state index < -0.39 is 11.8 Å². The lowest BCUT2D eigenvalue weighted by atomic mass is 10.2. The van der Waals surface area contributed by atoms with Crippen LogP contribution in [-0.2, 0) is 19.2 Å². The first-order valence-corrected chi connectivity index (χ1v) is 7.17. The smallest absolute Gasteiger partial charge is 0.313 e. The van der Waals surface area contributed by atoms with Crippen LogP contribution in [-0.4, -0.2) is 60.1 Å². The zero-order valence-electron chi connectivity index (χ0n) is 12.7. The summed E-state index contributed by atoms with van der Waals surface area (Å²) in [5.74, 6) is -1.54. The molecule has 0 saturated carbocycles. The quantitative estimate of drug-likeness (QED) is 0.600. The fraction of sp³-hybridized carbons (Fsp3) is 0.333. The highest BCUT2D eigenvalue weighted by Gasteiger charge is 2.25. The molecule has 1 saturated heterocycles. The van der Waals surface area contributed by atoms with E-state index >= 15 is 0 Å². The van der Waals surface area contributed by atoms with Gasteiger partial charge in [0.2, 0.25) is 12.3 Å². The van der Waals surface area contributed by atoms with Gasteiger partial charge in [-0.3, -0.25) is 19.2 Å². The van der Waals surface area contributed by atoms with Gasteiger partial charge in [0.25, 0.3) is 0 Å². The second-order valence-electron chi connectivity index (χ2n) is 5.15. The number of amides is 4. The van der Waals surface area contributed by atoms with Gasteiger partial charge >= 0.3 is 11.8 Å². The molecule has 2 N–H and O–H groups in total. The molecule has 0 spiro atoms. The third-order valence-corrected chi connectivity index (χ3v) is 3.41. The van der Waals surface area contributed by atoms with E-state index in [1.165, 1.54) is 11.8 Å². The van der Waals surface area contributed by atoms with Crippen LogP contribution >= 0.6 is 0 Å². The Hall–Kier alpha value is -2.90. The monoisotopic (exact) mass is 318 g/mol. The molecule has 122 valence electrons. The molecular weight excluding hydrogens is 300 g/mol. The number of hydrogen-bond acceptors (Lipinski definition) is 4. The molecule has 4 amide bonds. The van der Waals surface area contributed by atoms with Gasteiger partial charge in [-0.2, -0.15) is 0 Å². The molecule has 8 heteroatoms. The molecule has 1 aliphatic heterocycles. The van der Waals surface area contributed by atoms with Crippen molar-refractivity contribution < 1.29 is 19.2 Å². The van der Waals surface area contributed by atoms with Crippen molar-refractivity contribution in [2.75, 3.05) is 36.8 Å². The lowest BCUT2D eigenvalue weighted by molar-refractivity contribution is -0.144. The molecule has 0 aromatic heterocycles. The molecule has 23 heavy (non-hydrogen) atoms. The lowest BCUT2D eigenvalue weighted by Crippen LogP contribution is -2.51. The van der Waals surface area contributed by atoms with Gasteiger partial charge in [-0.15, -0.1) is 0 Å². The minimum Gasteiger partial charge on any atom is -0.342 e. The van der Waals surface area contributed by atoms with Crippen LogP contribution in [0.1, 0.15) is 6.92 Å². The Balaban J connectivity index is 1.89. The standard InChI is InChI=1S/C15H18N4O4/c1-11(21)16-12-2-4-13(5-3-12)17-14(22)15(23)19-8-6-18(10-20)7-9-19/h2-5,10H,6-9H2,1H3,(H,16,21)(H,17,22). The fourth-order valence-corrected chi connectivity index (χ4v) is 2.20. The van der Waals surface area contributed by atoms with Crippen molar-refractivity contribution in [3.05, 3.63) is 24.3 Å². The van der Waals surface area contributed by atoms with Crippen LogP contribution in [0.15, 0.2) is 24.3 Å². The van der Waals surface area contributed by atoms with Gasteiger partial charge in [-0.05, 0) is 24.3 Å². The number of piperazine rings is 1. The number of nitrogens with zero attached hydrogens (tertiary/aromatic N) is 2. The average molecular weight is 318 g/mol. The van der Waals surface area contributed by atoms with Crippen LogP contribution in [0.2, 0.25) is 0 Å². The summed E-state index contributed by atoms with van der Waals surface area (Å²) in [5, 5.41) is 5.13. The van der Waals surface area contributed by atoms with Gasteiger partial charge < -0.3 is 20.4 Å². The number of carbonyl (C=O) groups excluding carboxylic acids is 4. The molecule has 1 fully saturated rings. The van der Waals surface area contributed by atoms with Crippen molar-refractivity contribution in [3.63, 3.8) is 0 Å². The molecular formula is C15H18N4O4. The van der Waals surface area contributed by atoms with E-state index in [1.54, 1.807) is 29.2 Å². The van der Waals surface area contributed by atoms with Gasteiger partial charge in [-0.25, -0.2) is 0 Å². The Morgan fingerprint density at radius 2 is 1.48 bits per heavy atom. The number of benzene rings is 1. The summed E-state index contributed by atoms with van der Waals surface area (Å²) in [5.41, 5.74) is 1.07. The Morgan fingerprint density at radius 1 is 0.957 bits per heavy atom. The molecule has 0 unspecified atom stereocenters. The molecule has 1 aromatic rings. The minimum atomic E-state index is -0.725. The third kappa shape index (κ3) is 4.53. The van der Waals surface area contributed by atoms with Crippen LogP contribution in [0.3, 0.4) is 0 Å². The highest BCUT2D eigenvalue weighted by atomic mass is 16.2. The van der Waals surface area contributed by atoms with Crippen LogP contribution in [0.4, 0.5) is 11.4 Å². The first-order valence-electron chi connectivity index (χ1n) is 7.17. The van der Waals surface area contributed by atoms with Crippen LogP contribution < -0.4 is 10.6 Å². The maximum atomic E-state index is 12.1. The third-order valence-electron chi connectivity index (χ3n) is 3.41.